The second-order valence-electron chi connectivity index (χ2n) is 8.05. The highest BCUT2D eigenvalue weighted by atomic mass is 16.2. The highest BCUT2D eigenvalue weighted by molar-refractivity contribution is 6.07. The number of carbonyl (C=O) groups excluding carboxylic acids is 1. The fourth-order valence-electron chi connectivity index (χ4n) is 3.82. The molecule has 144 valence electrons. The first kappa shape index (κ1) is 18.5. The Labute approximate surface area is 165 Å². The van der Waals surface area contributed by atoms with Crippen molar-refractivity contribution in [3.63, 3.8) is 0 Å². The highest BCUT2D eigenvalue weighted by Crippen LogP contribution is 2.28. The number of pyridine rings is 1. The van der Waals surface area contributed by atoms with E-state index in [-0.39, 0.29) is 17.9 Å². The molecule has 5 heteroatoms. The van der Waals surface area contributed by atoms with Gasteiger partial charge in [-0.1, -0.05) is 26.0 Å². The number of hydrogen-bond donors (Lipinski definition) is 0. The van der Waals surface area contributed by atoms with E-state index in [4.69, 9.17) is 4.98 Å². The lowest BCUT2D eigenvalue weighted by Gasteiger charge is -2.22. The molecule has 3 aromatic rings. The van der Waals surface area contributed by atoms with Crippen molar-refractivity contribution in [2.75, 3.05) is 6.54 Å². The van der Waals surface area contributed by atoms with Crippen molar-refractivity contribution in [2.45, 2.75) is 52.5 Å². The topological polar surface area (TPSA) is 59.0 Å². The van der Waals surface area contributed by atoms with Gasteiger partial charge in [-0.15, -0.1) is 0 Å². The number of likely N-dealkylation sites (tertiary alicyclic amines) is 1. The van der Waals surface area contributed by atoms with Gasteiger partial charge in [0.25, 0.3) is 5.91 Å². The number of aromatic nitrogens is 3. The maximum atomic E-state index is 13.4. The first-order valence-corrected chi connectivity index (χ1v) is 9.98. The second kappa shape index (κ2) is 7.30. The summed E-state index contributed by atoms with van der Waals surface area (Å²) < 4.78 is 0. The molecular weight excluding hydrogens is 348 g/mol. The van der Waals surface area contributed by atoms with E-state index in [1.165, 1.54) is 0 Å². The van der Waals surface area contributed by atoms with Crippen molar-refractivity contribution in [2.24, 2.45) is 0 Å². The predicted molar refractivity (Wildman–Crippen MR) is 111 cm³/mol. The van der Waals surface area contributed by atoms with Crippen molar-refractivity contribution < 1.29 is 4.79 Å². The van der Waals surface area contributed by atoms with Crippen LogP contribution in [-0.2, 0) is 0 Å². The lowest BCUT2D eigenvalue weighted by Crippen LogP contribution is -2.33. The number of rotatable bonds is 3. The van der Waals surface area contributed by atoms with Crippen molar-refractivity contribution in [3.8, 4) is 11.3 Å². The lowest BCUT2D eigenvalue weighted by molar-refractivity contribution is 0.0749. The summed E-state index contributed by atoms with van der Waals surface area (Å²) in [5.74, 6) is 1.17. The van der Waals surface area contributed by atoms with Gasteiger partial charge in [-0.2, -0.15) is 0 Å². The molecule has 1 amide bonds. The minimum Gasteiger partial charge on any atom is -0.336 e. The largest absolute Gasteiger partial charge is 0.336 e. The molecule has 0 saturated carbocycles. The number of nitrogens with zero attached hydrogens (tertiary/aromatic N) is 4. The molecule has 1 saturated heterocycles. The number of hydrogen-bond acceptors (Lipinski definition) is 4. The summed E-state index contributed by atoms with van der Waals surface area (Å²) in [7, 11) is 0. The summed E-state index contributed by atoms with van der Waals surface area (Å²) in [6.07, 6.45) is 5.73. The Hall–Kier alpha value is -2.82. The molecule has 0 bridgehead atoms. The molecule has 0 N–H and O–H groups in total. The Balaban J connectivity index is 1.85. The van der Waals surface area contributed by atoms with Crippen LogP contribution in [0.25, 0.3) is 22.2 Å². The van der Waals surface area contributed by atoms with Crippen molar-refractivity contribution in [3.05, 3.63) is 53.6 Å². The number of aryl methyl sites for hydroxylation is 1. The average molecular weight is 374 g/mol. The maximum Gasteiger partial charge on any atom is 0.254 e. The third-order valence-corrected chi connectivity index (χ3v) is 5.49. The molecule has 1 aromatic carbocycles. The Morgan fingerprint density at radius 1 is 1.18 bits per heavy atom. The molecule has 1 unspecified atom stereocenters. The van der Waals surface area contributed by atoms with Crippen molar-refractivity contribution in [1.82, 2.24) is 19.9 Å². The first-order chi connectivity index (χ1) is 13.4. The van der Waals surface area contributed by atoms with E-state index < -0.39 is 0 Å². The minimum atomic E-state index is 0.0854. The SMILES string of the molecule is Cc1ccc2c(C(=O)N3CCCC3C)cc(-c3cnc(C(C)C)nc3)nc2c1. The van der Waals surface area contributed by atoms with Gasteiger partial charge < -0.3 is 4.90 Å². The maximum absolute atomic E-state index is 13.4. The van der Waals surface area contributed by atoms with Crippen LogP contribution in [-0.4, -0.2) is 38.3 Å². The third-order valence-electron chi connectivity index (χ3n) is 5.49. The predicted octanol–water partition coefficient (Wildman–Crippen LogP) is 4.75. The molecule has 1 atom stereocenters. The Kier molecular flexibility index (Phi) is 4.84. The zero-order chi connectivity index (χ0) is 19.8. The molecule has 0 spiro atoms. The fraction of sp³-hybridized carbons (Fsp3) is 0.391. The van der Waals surface area contributed by atoms with Crippen LogP contribution in [0.15, 0.2) is 36.7 Å². The van der Waals surface area contributed by atoms with E-state index in [0.29, 0.717) is 5.56 Å². The highest BCUT2D eigenvalue weighted by Gasteiger charge is 2.27. The van der Waals surface area contributed by atoms with Gasteiger partial charge in [-0.25, -0.2) is 15.0 Å². The van der Waals surface area contributed by atoms with Crippen LogP contribution in [0.4, 0.5) is 0 Å². The zero-order valence-corrected chi connectivity index (χ0v) is 16.9. The van der Waals surface area contributed by atoms with E-state index in [1.54, 1.807) is 12.4 Å². The van der Waals surface area contributed by atoms with Crippen LogP contribution in [0.3, 0.4) is 0 Å². The van der Waals surface area contributed by atoms with Gasteiger partial charge in [-0.3, -0.25) is 4.79 Å². The van der Waals surface area contributed by atoms with Crippen molar-refractivity contribution in [1.29, 1.82) is 0 Å². The van der Waals surface area contributed by atoms with Gasteiger partial charge in [0.2, 0.25) is 0 Å². The fourth-order valence-corrected chi connectivity index (χ4v) is 3.82. The summed E-state index contributed by atoms with van der Waals surface area (Å²) in [6.45, 7) is 9.12. The number of carbonyl (C=O) groups is 1. The van der Waals surface area contributed by atoms with Gasteiger partial charge >= 0.3 is 0 Å². The molecule has 5 nitrogen and oxygen atoms in total. The molecule has 28 heavy (non-hydrogen) atoms. The Morgan fingerprint density at radius 3 is 2.57 bits per heavy atom. The Morgan fingerprint density at radius 2 is 1.93 bits per heavy atom. The molecule has 2 aromatic heterocycles. The van der Waals surface area contributed by atoms with E-state index in [9.17, 15) is 4.79 Å². The molecule has 0 aliphatic carbocycles. The van der Waals surface area contributed by atoms with E-state index in [2.05, 4.69) is 30.7 Å². The van der Waals surface area contributed by atoms with Crippen molar-refractivity contribution >= 4 is 16.8 Å². The summed E-state index contributed by atoms with van der Waals surface area (Å²) >= 11 is 0. The average Bonchev–Trinajstić information content (AvgIpc) is 3.12. The standard InChI is InChI=1S/C23H26N4O/c1-14(2)22-24-12-17(13-25-22)20-11-19(23(28)27-9-5-6-16(27)4)18-8-7-15(3)10-21(18)26-20/h7-8,10-14,16H,5-6,9H2,1-4H3. The van der Waals surface area contributed by atoms with Crippen LogP contribution in [0.5, 0.6) is 0 Å². The van der Waals surface area contributed by atoms with E-state index in [0.717, 1.165) is 52.9 Å². The van der Waals surface area contributed by atoms with Crippen LogP contribution >= 0.6 is 0 Å². The summed E-state index contributed by atoms with van der Waals surface area (Å²) in [6, 6.07) is 8.26. The van der Waals surface area contributed by atoms with Gasteiger partial charge in [0.15, 0.2) is 0 Å². The minimum absolute atomic E-state index is 0.0854. The normalized spacial score (nSPS) is 16.9. The molecule has 1 fully saturated rings. The summed E-state index contributed by atoms with van der Waals surface area (Å²) in [5.41, 5.74) is 4.23. The van der Waals surface area contributed by atoms with E-state index >= 15 is 0 Å². The third kappa shape index (κ3) is 3.37. The van der Waals surface area contributed by atoms with Gasteiger partial charge in [-0.05, 0) is 44.4 Å². The molecule has 1 aliphatic heterocycles. The van der Waals surface area contributed by atoms with Gasteiger partial charge in [0, 0.05) is 41.8 Å². The summed E-state index contributed by atoms with van der Waals surface area (Å²) in [4.78, 5) is 29.1. The first-order valence-electron chi connectivity index (χ1n) is 9.98. The van der Waals surface area contributed by atoms with Gasteiger partial charge in [0.05, 0.1) is 16.8 Å². The van der Waals surface area contributed by atoms with E-state index in [1.807, 2.05) is 36.1 Å². The monoisotopic (exact) mass is 374 g/mol. The Bertz CT molecular complexity index is 1030. The van der Waals surface area contributed by atoms with Crippen LogP contribution in [0, 0.1) is 6.92 Å². The number of benzene rings is 1. The smallest absolute Gasteiger partial charge is 0.254 e. The lowest BCUT2D eigenvalue weighted by atomic mass is 10.0. The number of amides is 1. The molecule has 0 radical (unpaired) electrons. The molecule has 3 heterocycles. The quantitative estimate of drug-likeness (QED) is 0.664. The van der Waals surface area contributed by atoms with Gasteiger partial charge in [0.1, 0.15) is 5.82 Å². The molecule has 1 aliphatic rings. The van der Waals surface area contributed by atoms with Crippen LogP contribution in [0.1, 0.15) is 61.3 Å². The molecular formula is C23H26N4O. The number of fused-ring (bicyclic) bond motifs is 1. The zero-order valence-electron chi connectivity index (χ0n) is 16.9. The van der Waals surface area contributed by atoms with Crippen LogP contribution < -0.4 is 0 Å². The second-order valence-corrected chi connectivity index (χ2v) is 8.05. The summed E-state index contributed by atoms with van der Waals surface area (Å²) in [5, 5.41) is 0.901. The van der Waals surface area contributed by atoms with Crippen LogP contribution in [0.2, 0.25) is 0 Å². The molecule has 4 rings (SSSR count).